The van der Waals surface area contributed by atoms with Crippen molar-refractivity contribution < 1.29 is 19.8 Å². The maximum absolute atomic E-state index is 12.8. The van der Waals surface area contributed by atoms with Crippen LogP contribution in [0.4, 0.5) is 0 Å². The van der Waals surface area contributed by atoms with E-state index in [-0.39, 0.29) is 18.2 Å². The van der Waals surface area contributed by atoms with Gasteiger partial charge in [-0.2, -0.15) is 0 Å². The number of benzene rings is 2. The van der Waals surface area contributed by atoms with Crippen molar-refractivity contribution in [1.82, 2.24) is 10.6 Å². The number of aliphatic hydroxyl groups excluding tert-OH is 2. The fourth-order valence-electron chi connectivity index (χ4n) is 3.64. The monoisotopic (exact) mass is 364 g/mol. The van der Waals surface area contributed by atoms with Gasteiger partial charge in [-0.1, -0.05) is 36.4 Å². The van der Waals surface area contributed by atoms with Crippen molar-refractivity contribution in [2.24, 2.45) is 0 Å². The van der Waals surface area contributed by atoms with Crippen LogP contribution in [0.25, 0.3) is 11.1 Å². The highest BCUT2D eigenvalue weighted by molar-refractivity contribution is 6.25. The topological polar surface area (TPSA) is 98.7 Å². The lowest BCUT2D eigenvalue weighted by atomic mass is 9.98. The summed E-state index contributed by atoms with van der Waals surface area (Å²) in [6, 6.07) is 12.3. The van der Waals surface area contributed by atoms with Gasteiger partial charge >= 0.3 is 0 Å². The molecule has 27 heavy (non-hydrogen) atoms. The van der Waals surface area contributed by atoms with E-state index in [0.29, 0.717) is 22.4 Å². The van der Waals surface area contributed by atoms with Gasteiger partial charge in [-0.25, -0.2) is 0 Å². The molecule has 0 radical (unpaired) electrons. The van der Waals surface area contributed by atoms with Crippen molar-refractivity contribution in [2.75, 3.05) is 0 Å². The number of fused-ring (bicyclic) bond motifs is 3. The normalized spacial score (nSPS) is 24.9. The third-order valence-electron chi connectivity index (χ3n) is 5.15. The summed E-state index contributed by atoms with van der Waals surface area (Å²) in [7, 11) is 0. The number of rotatable bonds is 2. The first-order valence-corrected chi connectivity index (χ1v) is 8.88. The Morgan fingerprint density at radius 2 is 1.81 bits per heavy atom. The first-order valence-electron chi connectivity index (χ1n) is 8.88. The number of amides is 1. The van der Waals surface area contributed by atoms with Gasteiger partial charge in [0.25, 0.3) is 5.91 Å². The van der Waals surface area contributed by atoms with Gasteiger partial charge in [-0.05, 0) is 24.1 Å². The summed E-state index contributed by atoms with van der Waals surface area (Å²) in [4.78, 5) is 25.5. The summed E-state index contributed by atoms with van der Waals surface area (Å²) in [5, 5.41) is 25.5. The van der Waals surface area contributed by atoms with Crippen molar-refractivity contribution in [2.45, 2.75) is 31.6 Å². The highest BCUT2D eigenvalue weighted by atomic mass is 16.3. The summed E-state index contributed by atoms with van der Waals surface area (Å²) in [6.45, 7) is 1.80. The highest BCUT2D eigenvalue weighted by Crippen LogP contribution is 2.38. The largest absolute Gasteiger partial charge is 0.391 e. The van der Waals surface area contributed by atoms with E-state index in [1.165, 1.54) is 6.20 Å². The number of nitrogens with one attached hydrogen (secondary N) is 2. The molecule has 3 atom stereocenters. The van der Waals surface area contributed by atoms with Crippen LogP contribution in [0.15, 0.2) is 54.4 Å². The zero-order valence-corrected chi connectivity index (χ0v) is 14.8. The Bertz CT molecular complexity index is 966. The third kappa shape index (κ3) is 2.93. The van der Waals surface area contributed by atoms with Crippen molar-refractivity contribution in [3.05, 3.63) is 71.1 Å². The van der Waals surface area contributed by atoms with E-state index in [4.69, 9.17) is 0 Å². The van der Waals surface area contributed by atoms with Gasteiger partial charge < -0.3 is 20.8 Å². The van der Waals surface area contributed by atoms with Crippen molar-refractivity contribution in [3.63, 3.8) is 0 Å². The van der Waals surface area contributed by atoms with Crippen LogP contribution >= 0.6 is 0 Å². The van der Waals surface area contributed by atoms with E-state index in [1.54, 1.807) is 31.2 Å². The van der Waals surface area contributed by atoms with Crippen LogP contribution in [0.3, 0.4) is 0 Å². The lowest BCUT2D eigenvalue weighted by Crippen LogP contribution is -2.48. The number of carbonyl (C=O) groups excluding carboxylic acids is 2. The van der Waals surface area contributed by atoms with Crippen molar-refractivity contribution >= 4 is 11.7 Å². The van der Waals surface area contributed by atoms with E-state index >= 15 is 0 Å². The molecule has 1 saturated heterocycles. The lowest BCUT2D eigenvalue weighted by Gasteiger charge is -2.32. The predicted molar refractivity (Wildman–Crippen MR) is 100 cm³/mol. The molecule has 6 heteroatoms. The van der Waals surface area contributed by atoms with E-state index in [9.17, 15) is 19.8 Å². The Morgan fingerprint density at radius 1 is 1.11 bits per heavy atom. The van der Waals surface area contributed by atoms with E-state index < -0.39 is 18.1 Å². The molecule has 1 aliphatic heterocycles. The van der Waals surface area contributed by atoms with Gasteiger partial charge in [0.2, 0.25) is 0 Å². The molecule has 4 rings (SSSR count). The minimum Gasteiger partial charge on any atom is -0.391 e. The van der Waals surface area contributed by atoms with Crippen LogP contribution in [-0.4, -0.2) is 40.2 Å². The molecule has 1 amide bonds. The molecule has 0 bridgehead atoms. The number of ketones is 1. The number of piperidine rings is 1. The molecule has 2 aromatic rings. The quantitative estimate of drug-likeness (QED) is 0.553. The van der Waals surface area contributed by atoms with Gasteiger partial charge in [-0.15, -0.1) is 0 Å². The van der Waals surface area contributed by atoms with Gasteiger partial charge in [0.1, 0.15) is 0 Å². The molecule has 0 aromatic heterocycles. The van der Waals surface area contributed by atoms with Crippen LogP contribution in [0, 0.1) is 0 Å². The second kappa shape index (κ2) is 6.64. The Hall–Kier alpha value is -2.96. The Labute approximate surface area is 156 Å². The molecule has 138 valence electrons. The lowest BCUT2D eigenvalue weighted by molar-refractivity contribution is 0.0483. The molecule has 2 aromatic carbocycles. The van der Waals surface area contributed by atoms with Gasteiger partial charge in [0.05, 0.1) is 23.5 Å². The zero-order chi connectivity index (χ0) is 19.1. The van der Waals surface area contributed by atoms with Crippen LogP contribution in [0.2, 0.25) is 0 Å². The predicted octanol–water partition coefficient (Wildman–Crippen LogP) is 1.57. The van der Waals surface area contributed by atoms with Crippen LogP contribution in [-0.2, 0) is 0 Å². The molecule has 6 nitrogen and oxygen atoms in total. The van der Waals surface area contributed by atoms with Crippen LogP contribution in [0.1, 0.15) is 39.6 Å². The molecule has 0 spiro atoms. The Balaban J connectivity index is 1.62. The SMILES string of the molecule is C[C@@H]1N/C(=C\NC(=O)c2cccc3c2C(=O)c2ccccc2-3)[C@@H](O)C[C@@H]1O. The molecule has 1 aliphatic carbocycles. The minimum atomic E-state index is -0.885. The zero-order valence-electron chi connectivity index (χ0n) is 14.8. The molecule has 0 unspecified atom stereocenters. The molecular weight excluding hydrogens is 344 g/mol. The molecular formula is C21H20N2O4. The van der Waals surface area contributed by atoms with Gasteiger partial charge in [-0.3, -0.25) is 9.59 Å². The Morgan fingerprint density at radius 3 is 2.59 bits per heavy atom. The number of aliphatic hydroxyl groups is 2. The average molecular weight is 364 g/mol. The first-order chi connectivity index (χ1) is 13.0. The average Bonchev–Trinajstić information content (AvgIpc) is 2.96. The van der Waals surface area contributed by atoms with E-state index in [0.717, 1.165) is 11.1 Å². The second-order valence-electron chi connectivity index (χ2n) is 6.93. The van der Waals surface area contributed by atoms with Crippen molar-refractivity contribution in [3.8, 4) is 11.1 Å². The van der Waals surface area contributed by atoms with Crippen LogP contribution in [0.5, 0.6) is 0 Å². The molecule has 1 heterocycles. The minimum absolute atomic E-state index is 0.161. The van der Waals surface area contributed by atoms with E-state index in [1.807, 2.05) is 18.2 Å². The number of hydrogen-bond acceptors (Lipinski definition) is 5. The van der Waals surface area contributed by atoms with Gasteiger partial charge in [0, 0.05) is 29.8 Å². The van der Waals surface area contributed by atoms with E-state index in [2.05, 4.69) is 10.6 Å². The third-order valence-corrected chi connectivity index (χ3v) is 5.15. The second-order valence-corrected chi connectivity index (χ2v) is 6.93. The molecule has 1 fully saturated rings. The standard InChI is InChI=1S/C21H20N2O4/c1-11-17(24)9-18(25)16(23-11)10-22-21(27)15-8-4-7-13-12-5-2-3-6-14(12)20(26)19(13)15/h2-8,10-11,17-18,23-25H,9H2,1H3,(H,22,27)/b16-10-/t11-,17-,18-/m0/s1. The highest BCUT2D eigenvalue weighted by Gasteiger charge is 2.31. The number of hydrogen-bond donors (Lipinski definition) is 4. The molecule has 4 N–H and O–H groups in total. The van der Waals surface area contributed by atoms with Crippen LogP contribution < -0.4 is 10.6 Å². The summed E-state index contributed by atoms with van der Waals surface area (Å²) >= 11 is 0. The smallest absolute Gasteiger partial charge is 0.256 e. The maximum Gasteiger partial charge on any atom is 0.256 e. The van der Waals surface area contributed by atoms with Gasteiger partial charge in [0.15, 0.2) is 5.78 Å². The fraction of sp³-hybridized carbons (Fsp3) is 0.238. The fourth-order valence-corrected chi connectivity index (χ4v) is 3.64. The maximum atomic E-state index is 12.8. The first kappa shape index (κ1) is 17.5. The Kier molecular flexibility index (Phi) is 4.30. The molecule has 0 saturated carbocycles. The summed E-state index contributed by atoms with van der Waals surface area (Å²) in [6.07, 6.45) is 0.0661. The number of carbonyl (C=O) groups is 2. The summed E-state index contributed by atoms with van der Waals surface area (Å²) < 4.78 is 0. The summed E-state index contributed by atoms with van der Waals surface area (Å²) in [5.41, 5.74) is 3.31. The van der Waals surface area contributed by atoms with Crippen molar-refractivity contribution in [1.29, 1.82) is 0 Å². The summed E-state index contributed by atoms with van der Waals surface area (Å²) in [5.74, 6) is -0.583. The molecule has 2 aliphatic rings.